The highest BCUT2D eigenvalue weighted by Gasteiger charge is 2.25. The van der Waals surface area contributed by atoms with Crippen molar-refractivity contribution in [1.82, 2.24) is 9.80 Å². The first kappa shape index (κ1) is 30.4. The molecular weight excluding hydrogens is 565 g/mol. The molecule has 40 heavy (non-hydrogen) atoms. The number of amides is 1. The Balaban J connectivity index is 1.35. The van der Waals surface area contributed by atoms with Gasteiger partial charge in [-0.1, -0.05) is 56.1 Å². The summed E-state index contributed by atoms with van der Waals surface area (Å²) in [6.45, 7) is 13.7. The predicted octanol–water partition coefficient (Wildman–Crippen LogP) is 6.71. The number of hydrogen-bond donors (Lipinski definition) is 1. The Labute approximate surface area is 248 Å². The summed E-state index contributed by atoms with van der Waals surface area (Å²) in [5, 5.41) is 1.12. The summed E-state index contributed by atoms with van der Waals surface area (Å²) in [6.07, 6.45) is 0.863. The zero-order valence-electron chi connectivity index (χ0n) is 23.7. The Bertz CT molecular complexity index is 1490. The fraction of sp³-hybridized carbons (Fsp3) is 0.387. The summed E-state index contributed by atoms with van der Waals surface area (Å²) in [6, 6.07) is 16.2. The smallest absolute Gasteiger partial charge is 0.262 e. The number of rotatable bonds is 7. The molecule has 1 amide bonds. The minimum atomic E-state index is -3.80. The van der Waals surface area contributed by atoms with Crippen molar-refractivity contribution in [3.63, 3.8) is 0 Å². The van der Waals surface area contributed by atoms with Gasteiger partial charge in [-0.25, -0.2) is 8.42 Å². The highest BCUT2D eigenvalue weighted by molar-refractivity contribution is 7.92. The van der Waals surface area contributed by atoms with Crippen molar-refractivity contribution in [3.05, 3.63) is 92.5 Å². The quantitative estimate of drug-likeness (QED) is 0.327. The van der Waals surface area contributed by atoms with Gasteiger partial charge in [0.05, 0.1) is 14.9 Å². The number of hydrogen-bond acceptors (Lipinski definition) is 4. The van der Waals surface area contributed by atoms with Crippen LogP contribution in [0.4, 0.5) is 5.69 Å². The molecule has 0 radical (unpaired) electrons. The molecule has 1 aliphatic rings. The number of aryl methyl sites for hydroxylation is 1. The predicted molar refractivity (Wildman–Crippen MR) is 164 cm³/mol. The third kappa shape index (κ3) is 7.19. The number of benzene rings is 3. The van der Waals surface area contributed by atoms with Crippen LogP contribution in [0, 0.1) is 13.8 Å². The summed E-state index contributed by atoms with van der Waals surface area (Å²) < 4.78 is 29.3. The fourth-order valence-electron chi connectivity index (χ4n) is 4.77. The van der Waals surface area contributed by atoms with E-state index in [-0.39, 0.29) is 16.2 Å². The minimum Gasteiger partial charge on any atom is -0.336 e. The van der Waals surface area contributed by atoms with E-state index in [2.05, 4.69) is 30.4 Å². The zero-order chi connectivity index (χ0) is 29.2. The average Bonchev–Trinajstić information content (AvgIpc) is 2.90. The Morgan fingerprint density at radius 3 is 2.15 bits per heavy atom. The van der Waals surface area contributed by atoms with E-state index < -0.39 is 10.0 Å². The van der Waals surface area contributed by atoms with Crippen LogP contribution in [0.2, 0.25) is 10.0 Å². The number of nitrogens with one attached hydrogen (secondary N) is 1. The van der Waals surface area contributed by atoms with Crippen LogP contribution in [-0.4, -0.2) is 56.8 Å². The summed E-state index contributed by atoms with van der Waals surface area (Å²) >= 11 is 12.1. The molecule has 0 aliphatic carbocycles. The zero-order valence-corrected chi connectivity index (χ0v) is 26.1. The van der Waals surface area contributed by atoms with Crippen molar-refractivity contribution in [3.8, 4) is 0 Å². The molecular formula is C31H37Cl2N3O3S. The first-order valence-electron chi connectivity index (χ1n) is 13.4. The van der Waals surface area contributed by atoms with Gasteiger partial charge in [0, 0.05) is 44.0 Å². The number of nitrogens with zero attached hydrogens (tertiary/aromatic N) is 2. The van der Waals surface area contributed by atoms with Crippen LogP contribution in [-0.2, 0) is 21.9 Å². The van der Waals surface area contributed by atoms with Gasteiger partial charge in [0.15, 0.2) is 0 Å². The van der Waals surface area contributed by atoms with Crippen LogP contribution >= 0.6 is 23.2 Å². The molecule has 3 aromatic carbocycles. The van der Waals surface area contributed by atoms with E-state index in [0.717, 1.165) is 48.3 Å². The van der Waals surface area contributed by atoms with Gasteiger partial charge < -0.3 is 4.90 Å². The van der Waals surface area contributed by atoms with Crippen LogP contribution in [0.1, 0.15) is 53.4 Å². The molecule has 214 valence electrons. The summed E-state index contributed by atoms with van der Waals surface area (Å²) in [4.78, 5) is 17.6. The van der Waals surface area contributed by atoms with Crippen LogP contribution in [0.15, 0.2) is 59.5 Å². The Morgan fingerprint density at radius 1 is 0.900 bits per heavy atom. The number of piperazine rings is 1. The largest absolute Gasteiger partial charge is 0.336 e. The van der Waals surface area contributed by atoms with Gasteiger partial charge in [0.2, 0.25) is 0 Å². The molecule has 0 spiro atoms. The van der Waals surface area contributed by atoms with Crippen LogP contribution in [0.3, 0.4) is 0 Å². The monoisotopic (exact) mass is 601 g/mol. The number of halogens is 2. The molecule has 9 heteroatoms. The van der Waals surface area contributed by atoms with Crippen molar-refractivity contribution in [2.24, 2.45) is 0 Å². The molecule has 0 aromatic heterocycles. The molecule has 3 aromatic rings. The van der Waals surface area contributed by atoms with Crippen LogP contribution in [0.5, 0.6) is 0 Å². The fourth-order valence-corrected chi connectivity index (χ4v) is 6.49. The lowest BCUT2D eigenvalue weighted by atomic mass is 9.85. The number of sulfonamides is 1. The van der Waals surface area contributed by atoms with E-state index in [0.29, 0.717) is 34.4 Å². The lowest BCUT2D eigenvalue weighted by Gasteiger charge is -2.34. The van der Waals surface area contributed by atoms with E-state index in [1.807, 2.05) is 43.0 Å². The maximum absolute atomic E-state index is 13.3. The van der Waals surface area contributed by atoms with E-state index >= 15 is 0 Å². The lowest BCUT2D eigenvalue weighted by Crippen LogP contribution is -2.49. The molecule has 0 atom stereocenters. The number of carbonyl (C=O) groups excluding carboxylic acids is 1. The molecule has 1 saturated heterocycles. The molecule has 0 bridgehead atoms. The second-order valence-corrected chi connectivity index (χ2v) is 13.9. The van der Waals surface area contributed by atoms with E-state index in [1.165, 1.54) is 0 Å². The Morgan fingerprint density at radius 2 is 1.55 bits per heavy atom. The molecule has 1 fully saturated rings. The Kier molecular flexibility index (Phi) is 9.20. The summed E-state index contributed by atoms with van der Waals surface area (Å²) in [5.74, 6) is -0.0529. The van der Waals surface area contributed by atoms with Crippen molar-refractivity contribution >= 4 is 44.8 Å². The van der Waals surface area contributed by atoms with Crippen LogP contribution < -0.4 is 4.72 Å². The van der Waals surface area contributed by atoms with Crippen molar-refractivity contribution in [2.75, 3.05) is 37.4 Å². The second kappa shape index (κ2) is 12.1. The number of carbonyl (C=O) groups is 1. The number of anilines is 1. The van der Waals surface area contributed by atoms with Crippen molar-refractivity contribution in [2.45, 2.75) is 51.3 Å². The molecule has 1 N–H and O–H groups in total. The molecule has 1 heterocycles. The molecule has 0 unspecified atom stereocenters. The van der Waals surface area contributed by atoms with Gasteiger partial charge >= 0.3 is 0 Å². The Hall–Kier alpha value is -2.58. The first-order valence-corrected chi connectivity index (χ1v) is 15.7. The highest BCUT2D eigenvalue weighted by Crippen LogP contribution is 2.30. The van der Waals surface area contributed by atoms with E-state index in [1.54, 1.807) is 30.3 Å². The third-order valence-corrected chi connectivity index (χ3v) is 9.77. The highest BCUT2D eigenvalue weighted by atomic mass is 35.5. The first-order chi connectivity index (χ1) is 18.7. The second-order valence-electron chi connectivity index (χ2n) is 11.5. The topological polar surface area (TPSA) is 69.7 Å². The molecule has 1 aliphatic heterocycles. The minimum absolute atomic E-state index is 0.0529. The van der Waals surface area contributed by atoms with Crippen LogP contribution in [0.25, 0.3) is 0 Å². The maximum atomic E-state index is 13.3. The van der Waals surface area contributed by atoms with Gasteiger partial charge in [0.1, 0.15) is 0 Å². The lowest BCUT2D eigenvalue weighted by molar-refractivity contribution is 0.0638. The van der Waals surface area contributed by atoms with Crippen molar-refractivity contribution in [1.29, 1.82) is 0 Å². The molecule has 0 saturated carbocycles. The van der Waals surface area contributed by atoms with Gasteiger partial charge in [-0.15, -0.1) is 0 Å². The standard InChI is InChI=1S/C31H37Cl2N3O3S/c1-21-18-25(31(3,4)5)20-29(22(21)2)40(38,39)34-26-9-7-24(8-10-26)30(37)36-16-14-35(15-17-36)13-12-23-6-11-27(32)28(33)19-23/h6-11,18-20,34H,12-17H2,1-5H3. The average molecular weight is 603 g/mol. The maximum Gasteiger partial charge on any atom is 0.262 e. The van der Waals surface area contributed by atoms with E-state index in [4.69, 9.17) is 23.2 Å². The summed E-state index contributed by atoms with van der Waals surface area (Å²) in [5.41, 5.74) is 4.53. The molecule has 4 rings (SSSR count). The normalized spacial score (nSPS) is 14.8. The third-order valence-electron chi connectivity index (χ3n) is 7.52. The van der Waals surface area contributed by atoms with Gasteiger partial charge in [0.25, 0.3) is 15.9 Å². The van der Waals surface area contributed by atoms with Crippen molar-refractivity contribution < 1.29 is 13.2 Å². The van der Waals surface area contributed by atoms with E-state index in [9.17, 15) is 13.2 Å². The van der Waals surface area contributed by atoms with Gasteiger partial charge in [-0.05, 0) is 90.4 Å². The molecule has 6 nitrogen and oxygen atoms in total. The summed E-state index contributed by atoms with van der Waals surface area (Å²) in [7, 11) is -3.80. The van der Waals surface area contributed by atoms with Gasteiger partial charge in [-0.3, -0.25) is 14.4 Å². The van der Waals surface area contributed by atoms with Gasteiger partial charge in [-0.2, -0.15) is 0 Å². The SMILES string of the molecule is Cc1cc(C(C)(C)C)cc(S(=O)(=O)Nc2ccc(C(=O)N3CCN(CCc4ccc(Cl)c(Cl)c4)CC3)cc2)c1C.